The first kappa shape index (κ1) is 13.9. The lowest BCUT2D eigenvalue weighted by Crippen LogP contribution is -2.21. The molecule has 0 saturated heterocycles. The summed E-state index contributed by atoms with van der Waals surface area (Å²) < 4.78 is 36.7. The van der Waals surface area contributed by atoms with Crippen molar-refractivity contribution in [1.82, 2.24) is 0 Å². The number of ether oxygens (including phenoxy) is 2. The van der Waals surface area contributed by atoms with Crippen LogP contribution < -0.4 is 0 Å². The molecule has 2 rings (SSSR count). The summed E-state index contributed by atoms with van der Waals surface area (Å²) in [6.45, 7) is 2.04. The van der Waals surface area contributed by atoms with Crippen LogP contribution in [-0.2, 0) is 14.3 Å². The second-order valence-electron chi connectivity index (χ2n) is 4.79. The zero-order valence-electron chi connectivity index (χ0n) is 10.9. The van der Waals surface area contributed by atoms with Crippen LogP contribution in [0.5, 0.6) is 0 Å². The number of rotatable bonds is 5. The third kappa shape index (κ3) is 3.10. The minimum atomic E-state index is -0.885. The van der Waals surface area contributed by atoms with Crippen LogP contribution in [-0.4, -0.2) is 25.8 Å². The Morgan fingerprint density at radius 2 is 2.21 bits per heavy atom. The molecule has 0 heterocycles. The Labute approximate surface area is 110 Å². The summed E-state index contributed by atoms with van der Waals surface area (Å²) in [7, 11) is 1.52. The summed E-state index contributed by atoms with van der Waals surface area (Å²) in [5.41, 5.74) is 0.251. The van der Waals surface area contributed by atoms with Gasteiger partial charge < -0.3 is 9.47 Å². The first-order valence-electron chi connectivity index (χ1n) is 6.18. The first-order valence-corrected chi connectivity index (χ1v) is 6.18. The highest BCUT2D eigenvalue weighted by atomic mass is 19.2. The molecule has 0 aromatic heterocycles. The molecule has 0 N–H and O–H groups in total. The number of hydrogen-bond acceptors (Lipinski definition) is 3. The molecule has 0 spiro atoms. The maximum Gasteiger partial charge on any atom is 0.309 e. The molecule has 0 unspecified atom stereocenters. The summed E-state index contributed by atoms with van der Waals surface area (Å²) in [5, 5.41) is 0. The van der Waals surface area contributed by atoms with Gasteiger partial charge in [0, 0.05) is 13.0 Å². The van der Waals surface area contributed by atoms with E-state index in [1.54, 1.807) is 6.92 Å². The molecule has 3 atom stereocenters. The van der Waals surface area contributed by atoms with E-state index >= 15 is 0 Å². The lowest BCUT2D eigenvalue weighted by molar-refractivity contribution is -0.152. The number of methoxy groups -OCH3 is 1. The van der Waals surface area contributed by atoms with Crippen molar-refractivity contribution in [2.24, 2.45) is 5.92 Å². The molecule has 0 amide bonds. The fourth-order valence-corrected chi connectivity index (χ4v) is 2.16. The van der Waals surface area contributed by atoms with E-state index in [4.69, 9.17) is 9.47 Å². The van der Waals surface area contributed by atoms with E-state index in [2.05, 4.69) is 0 Å². The minimum absolute atomic E-state index is 0.251. The summed E-state index contributed by atoms with van der Waals surface area (Å²) in [6, 6.07) is 4.02. The average Bonchev–Trinajstić information content (AvgIpc) is 3.13. The predicted molar refractivity (Wildman–Crippen MR) is 64.6 cm³/mol. The second-order valence-corrected chi connectivity index (χ2v) is 4.79. The van der Waals surface area contributed by atoms with Crippen molar-refractivity contribution < 1.29 is 23.0 Å². The van der Waals surface area contributed by atoms with Crippen LogP contribution in [0.3, 0.4) is 0 Å². The number of hydrogen-bond donors (Lipinski definition) is 0. The molecule has 1 aliphatic rings. The molecule has 0 bridgehead atoms. The number of carbonyl (C=O) groups is 1. The molecule has 1 saturated carbocycles. The van der Waals surface area contributed by atoms with Crippen LogP contribution in [0.2, 0.25) is 0 Å². The van der Waals surface area contributed by atoms with Crippen LogP contribution in [0, 0.1) is 17.6 Å². The third-order valence-electron chi connectivity index (χ3n) is 3.19. The standard InChI is InChI=1S/C14H16F2O3/c1-8(7-18-2)19-14(17)11-6-10(11)9-4-3-5-12(15)13(9)16/h3-5,8,10-11H,6-7H2,1-2H3/t8-,10+,11+/m0/s1. The first-order chi connectivity index (χ1) is 9.04. The van der Waals surface area contributed by atoms with Gasteiger partial charge in [0.1, 0.15) is 6.10 Å². The van der Waals surface area contributed by atoms with Crippen molar-refractivity contribution >= 4 is 5.97 Å². The van der Waals surface area contributed by atoms with Crippen LogP contribution in [0.4, 0.5) is 8.78 Å². The van der Waals surface area contributed by atoms with Crippen LogP contribution in [0.25, 0.3) is 0 Å². The zero-order valence-corrected chi connectivity index (χ0v) is 10.9. The largest absolute Gasteiger partial charge is 0.460 e. The summed E-state index contributed by atoms with van der Waals surface area (Å²) in [6.07, 6.45) is 0.162. The molecule has 0 aliphatic heterocycles. The minimum Gasteiger partial charge on any atom is -0.460 e. The number of esters is 1. The molecule has 19 heavy (non-hydrogen) atoms. The molecule has 0 radical (unpaired) electrons. The molecule has 104 valence electrons. The van der Waals surface area contributed by atoms with Crippen molar-refractivity contribution in [3.63, 3.8) is 0 Å². The van der Waals surface area contributed by atoms with Gasteiger partial charge in [-0.2, -0.15) is 0 Å². The molecule has 1 aliphatic carbocycles. The summed E-state index contributed by atoms with van der Waals surface area (Å²) in [4.78, 5) is 11.8. The van der Waals surface area contributed by atoms with Gasteiger partial charge in [-0.3, -0.25) is 4.79 Å². The lowest BCUT2D eigenvalue weighted by Gasteiger charge is -2.12. The monoisotopic (exact) mass is 270 g/mol. The second kappa shape index (κ2) is 5.65. The highest BCUT2D eigenvalue weighted by molar-refractivity contribution is 5.77. The van der Waals surface area contributed by atoms with E-state index in [1.807, 2.05) is 0 Å². The topological polar surface area (TPSA) is 35.5 Å². The maximum atomic E-state index is 13.6. The van der Waals surface area contributed by atoms with Crippen molar-refractivity contribution in [2.75, 3.05) is 13.7 Å². The van der Waals surface area contributed by atoms with Gasteiger partial charge in [0.05, 0.1) is 12.5 Å². The average molecular weight is 270 g/mol. The van der Waals surface area contributed by atoms with Gasteiger partial charge in [0.15, 0.2) is 11.6 Å². The molecule has 1 aromatic rings. The highest BCUT2D eigenvalue weighted by Gasteiger charge is 2.47. The number of benzene rings is 1. The highest BCUT2D eigenvalue weighted by Crippen LogP contribution is 2.49. The summed E-state index contributed by atoms with van der Waals surface area (Å²) >= 11 is 0. The Hall–Kier alpha value is -1.49. The molecule has 1 aromatic carbocycles. The van der Waals surface area contributed by atoms with Gasteiger partial charge in [-0.15, -0.1) is 0 Å². The smallest absolute Gasteiger partial charge is 0.309 e. The lowest BCUT2D eigenvalue weighted by atomic mass is 10.1. The summed E-state index contributed by atoms with van der Waals surface area (Å²) in [5.74, 6) is -2.79. The van der Waals surface area contributed by atoms with Gasteiger partial charge in [-0.25, -0.2) is 8.78 Å². The van der Waals surface area contributed by atoms with Crippen LogP contribution in [0.1, 0.15) is 24.8 Å². The molecular formula is C14H16F2O3. The Morgan fingerprint density at radius 1 is 1.47 bits per heavy atom. The predicted octanol–water partition coefficient (Wildman–Crippen LogP) is 2.65. The van der Waals surface area contributed by atoms with E-state index in [1.165, 1.54) is 19.2 Å². The normalized spacial score (nSPS) is 22.9. The Balaban J connectivity index is 1.97. The van der Waals surface area contributed by atoms with E-state index in [-0.39, 0.29) is 29.5 Å². The Bertz CT molecular complexity index is 476. The number of halogens is 2. The fraction of sp³-hybridized carbons (Fsp3) is 0.500. The SMILES string of the molecule is COC[C@H](C)OC(=O)[C@@H]1C[C@@H]1c1cccc(F)c1F. The van der Waals surface area contributed by atoms with E-state index < -0.39 is 11.6 Å². The van der Waals surface area contributed by atoms with Gasteiger partial charge in [0.25, 0.3) is 0 Å². The fourth-order valence-electron chi connectivity index (χ4n) is 2.16. The molecule has 1 fully saturated rings. The van der Waals surface area contributed by atoms with E-state index in [9.17, 15) is 13.6 Å². The van der Waals surface area contributed by atoms with E-state index in [0.717, 1.165) is 6.07 Å². The van der Waals surface area contributed by atoms with E-state index in [0.29, 0.717) is 13.0 Å². The van der Waals surface area contributed by atoms with Gasteiger partial charge >= 0.3 is 5.97 Å². The Morgan fingerprint density at radius 3 is 2.89 bits per heavy atom. The molecule has 5 heteroatoms. The Kier molecular flexibility index (Phi) is 4.14. The molecular weight excluding hydrogens is 254 g/mol. The number of carbonyl (C=O) groups excluding carboxylic acids is 1. The van der Waals surface area contributed by atoms with Gasteiger partial charge in [0.2, 0.25) is 0 Å². The molecule has 3 nitrogen and oxygen atoms in total. The van der Waals surface area contributed by atoms with Crippen molar-refractivity contribution in [2.45, 2.75) is 25.4 Å². The zero-order chi connectivity index (χ0) is 14.0. The maximum absolute atomic E-state index is 13.6. The van der Waals surface area contributed by atoms with Crippen LogP contribution >= 0.6 is 0 Å². The van der Waals surface area contributed by atoms with Gasteiger partial charge in [-0.1, -0.05) is 12.1 Å². The van der Waals surface area contributed by atoms with Crippen molar-refractivity contribution in [1.29, 1.82) is 0 Å². The van der Waals surface area contributed by atoms with Crippen molar-refractivity contribution in [3.05, 3.63) is 35.4 Å². The quantitative estimate of drug-likeness (QED) is 0.772. The van der Waals surface area contributed by atoms with Gasteiger partial charge in [-0.05, 0) is 25.0 Å². The third-order valence-corrected chi connectivity index (χ3v) is 3.19. The van der Waals surface area contributed by atoms with Crippen molar-refractivity contribution in [3.8, 4) is 0 Å². The van der Waals surface area contributed by atoms with Crippen LogP contribution in [0.15, 0.2) is 18.2 Å².